The van der Waals surface area contributed by atoms with Gasteiger partial charge in [-0.3, -0.25) is 19.2 Å². The van der Waals surface area contributed by atoms with Gasteiger partial charge in [-0.05, 0) is 61.0 Å². The Labute approximate surface area is 226 Å². The maximum atomic E-state index is 14.0. The van der Waals surface area contributed by atoms with Crippen LogP contribution in [0.1, 0.15) is 33.2 Å². The molecule has 0 radical (unpaired) electrons. The van der Waals surface area contributed by atoms with Gasteiger partial charge in [0.15, 0.2) is 11.6 Å². The Balaban J connectivity index is 1.47. The number of carbonyl (C=O) groups excluding carboxylic acids is 4. The molecule has 3 aromatic rings. The number of ketones is 2. The molecule has 0 aliphatic carbocycles. The third kappa shape index (κ3) is 3.68. The number of halogens is 2. The number of carbonyl (C=O) groups is 4. The Morgan fingerprint density at radius 1 is 0.865 bits per heavy atom. The number of amides is 2. The summed E-state index contributed by atoms with van der Waals surface area (Å²) in [7, 11) is 0. The van der Waals surface area contributed by atoms with Crippen LogP contribution in [0.4, 0.5) is 11.4 Å². The van der Waals surface area contributed by atoms with Gasteiger partial charge in [-0.1, -0.05) is 57.9 Å². The summed E-state index contributed by atoms with van der Waals surface area (Å²) in [5.41, 5.74) is 2.92. The molecular formula is C29H20BrClN2O4. The summed E-state index contributed by atoms with van der Waals surface area (Å²) in [6.45, 7) is 1.46. The molecule has 0 spiro atoms. The second-order valence-corrected chi connectivity index (χ2v) is 10.8. The number of anilines is 2. The molecule has 184 valence electrons. The first-order valence-electron chi connectivity index (χ1n) is 11.8. The van der Waals surface area contributed by atoms with Crippen molar-refractivity contribution >= 4 is 68.4 Å². The number of imide groups is 1. The summed E-state index contributed by atoms with van der Waals surface area (Å²) in [4.78, 5) is 56.6. The van der Waals surface area contributed by atoms with Crippen molar-refractivity contribution in [3.05, 3.63) is 99.0 Å². The lowest BCUT2D eigenvalue weighted by atomic mass is 9.86. The minimum absolute atomic E-state index is 0.108. The van der Waals surface area contributed by atoms with Gasteiger partial charge in [0.05, 0.1) is 23.6 Å². The Morgan fingerprint density at radius 3 is 2.19 bits per heavy atom. The summed E-state index contributed by atoms with van der Waals surface area (Å²) in [6.07, 6.45) is 3.81. The van der Waals surface area contributed by atoms with Gasteiger partial charge in [0, 0.05) is 26.3 Å². The van der Waals surface area contributed by atoms with Crippen molar-refractivity contribution in [1.82, 2.24) is 0 Å². The lowest BCUT2D eigenvalue weighted by Gasteiger charge is -2.36. The number of rotatable bonds is 4. The van der Waals surface area contributed by atoms with Crippen molar-refractivity contribution in [3.63, 3.8) is 0 Å². The van der Waals surface area contributed by atoms with Crippen LogP contribution in [-0.2, 0) is 9.59 Å². The molecule has 0 saturated carbocycles. The molecule has 2 amide bonds. The molecule has 2 saturated heterocycles. The van der Waals surface area contributed by atoms with E-state index in [0.717, 1.165) is 15.7 Å². The molecule has 8 heteroatoms. The van der Waals surface area contributed by atoms with E-state index in [1.807, 2.05) is 23.1 Å². The SMILES string of the molecule is CC(=O)c1ccc(N2C(=O)[C@@H]3[C@H](C2=O)[C@H]2C=Cc4ccc(Cl)cc4N2[C@@H]3C(=O)c2ccc(Br)cc2)cc1. The Bertz CT molecular complexity index is 1520. The predicted molar refractivity (Wildman–Crippen MR) is 145 cm³/mol. The van der Waals surface area contributed by atoms with E-state index in [1.54, 1.807) is 60.7 Å². The summed E-state index contributed by atoms with van der Waals surface area (Å²) in [5, 5.41) is 0.504. The summed E-state index contributed by atoms with van der Waals surface area (Å²) < 4.78 is 0.830. The smallest absolute Gasteiger partial charge is 0.240 e. The van der Waals surface area contributed by atoms with E-state index in [9.17, 15) is 19.2 Å². The standard InChI is InChI=1S/C29H20BrClN2O4/c1-15(34)16-5-11-21(12-6-16)32-28(36)24-22-13-7-17-4-10-20(31)14-23(17)33(22)26(25(24)29(32)37)27(35)18-2-8-19(30)9-3-18/h2-14,22,24-26H,1H3/t22-,24-,25-,26+/m1/s1. The molecule has 3 heterocycles. The highest BCUT2D eigenvalue weighted by Gasteiger charge is 2.64. The van der Waals surface area contributed by atoms with Crippen LogP contribution in [0, 0.1) is 11.8 Å². The van der Waals surface area contributed by atoms with Crippen molar-refractivity contribution in [2.45, 2.75) is 19.0 Å². The number of Topliss-reactive ketones (excluding diaryl/α,β-unsaturated/α-hetero) is 2. The molecule has 2 fully saturated rings. The molecular weight excluding hydrogens is 556 g/mol. The highest BCUT2D eigenvalue weighted by Crippen LogP contribution is 2.50. The largest absolute Gasteiger partial charge is 0.352 e. The lowest BCUT2D eigenvalue weighted by molar-refractivity contribution is -0.122. The fraction of sp³-hybridized carbons (Fsp3) is 0.172. The van der Waals surface area contributed by atoms with E-state index in [1.165, 1.54) is 11.8 Å². The molecule has 3 aliphatic rings. The van der Waals surface area contributed by atoms with Crippen LogP contribution in [0.2, 0.25) is 5.02 Å². The third-order valence-electron chi connectivity index (χ3n) is 7.40. The van der Waals surface area contributed by atoms with E-state index in [4.69, 9.17) is 11.6 Å². The minimum Gasteiger partial charge on any atom is -0.352 e. The second-order valence-electron chi connectivity index (χ2n) is 9.44. The molecule has 4 atom stereocenters. The zero-order valence-electron chi connectivity index (χ0n) is 19.6. The number of benzene rings is 3. The zero-order valence-corrected chi connectivity index (χ0v) is 21.9. The average Bonchev–Trinajstić information content (AvgIpc) is 3.36. The molecule has 3 aliphatic heterocycles. The number of nitrogens with zero attached hydrogens (tertiary/aromatic N) is 2. The maximum absolute atomic E-state index is 14.0. The number of fused-ring (bicyclic) bond motifs is 5. The Kier molecular flexibility index (Phi) is 5.66. The van der Waals surface area contributed by atoms with Gasteiger partial charge in [0.2, 0.25) is 11.8 Å². The van der Waals surface area contributed by atoms with Gasteiger partial charge in [-0.15, -0.1) is 0 Å². The molecule has 0 unspecified atom stereocenters. The molecule has 0 N–H and O–H groups in total. The summed E-state index contributed by atoms with van der Waals surface area (Å²) >= 11 is 9.74. The van der Waals surface area contributed by atoms with E-state index in [2.05, 4.69) is 15.9 Å². The molecule has 6 rings (SSSR count). The van der Waals surface area contributed by atoms with Crippen molar-refractivity contribution < 1.29 is 19.2 Å². The highest BCUT2D eigenvalue weighted by atomic mass is 79.9. The number of hydrogen-bond acceptors (Lipinski definition) is 5. The normalized spacial score (nSPS) is 23.6. The highest BCUT2D eigenvalue weighted by molar-refractivity contribution is 9.10. The molecule has 0 aromatic heterocycles. The van der Waals surface area contributed by atoms with Crippen LogP contribution in [0.3, 0.4) is 0 Å². The minimum atomic E-state index is -0.892. The second kappa shape index (κ2) is 8.78. The van der Waals surface area contributed by atoms with Gasteiger partial charge in [0.1, 0.15) is 6.04 Å². The first kappa shape index (κ1) is 23.8. The maximum Gasteiger partial charge on any atom is 0.240 e. The van der Waals surface area contributed by atoms with Gasteiger partial charge in [-0.25, -0.2) is 4.90 Å². The van der Waals surface area contributed by atoms with E-state index in [0.29, 0.717) is 21.8 Å². The average molecular weight is 576 g/mol. The van der Waals surface area contributed by atoms with Crippen LogP contribution < -0.4 is 9.80 Å². The van der Waals surface area contributed by atoms with Crippen molar-refractivity contribution in [2.24, 2.45) is 11.8 Å². The quantitative estimate of drug-likeness (QED) is 0.300. The van der Waals surface area contributed by atoms with E-state index < -0.39 is 29.8 Å². The summed E-state index contributed by atoms with van der Waals surface area (Å²) in [5.74, 6) is -2.75. The van der Waals surface area contributed by atoms with Gasteiger partial charge < -0.3 is 4.90 Å². The predicted octanol–water partition coefficient (Wildman–Crippen LogP) is 5.58. The fourth-order valence-electron chi connectivity index (χ4n) is 5.72. The Hall–Kier alpha value is -3.55. The monoisotopic (exact) mass is 574 g/mol. The van der Waals surface area contributed by atoms with Gasteiger partial charge in [-0.2, -0.15) is 0 Å². The van der Waals surface area contributed by atoms with Crippen LogP contribution in [0.5, 0.6) is 0 Å². The third-order valence-corrected chi connectivity index (χ3v) is 8.16. The van der Waals surface area contributed by atoms with Crippen LogP contribution in [0.25, 0.3) is 6.08 Å². The van der Waals surface area contributed by atoms with Crippen molar-refractivity contribution in [3.8, 4) is 0 Å². The van der Waals surface area contributed by atoms with Gasteiger partial charge >= 0.3 is 0 Å². The molecule has 3 aromatic carbocycles. The summed E-state index contributed by atoms with van der Waals surface area (Å²) in [6, 6.07) is 17.4. The van der Waals surface area contributed by atoms with Crippen molar-refractivity contribution in [1.29, 1.82) is 0 Å². The van der Waals surface area contributed by atoms with Crippen LogP contribution in [0.15, 0.2) is 77.3 Å². The van der Waals surface area contributed by atoms with E-state index >= 15 is 0 Å². The first-order chi connectivity index (χ1) is 17.8. The lowest BCUT2D eigenvalue weighted by Crippen LogP contribution is -2.48. The first-order valence-corrected chi connectivity index (χ1v) is 13.0. The van der Waals surface area contributed by atoms with Crippen molar-refractivity contribution in [2.75, 3.05) is 9.80 Å². The van der Waals surface area contributed by atoms with Gasteiger partial charge in [0.25, 0.3) is 0 Å². The molecule has 6 nitrogen and oxygen atoms in total. The fourth-order valence-corrected chi connectivity index (χ4v) is 6.15. The Morgan fingerprint density at radius 2 is 1.51 bits per heavy atom. The topological polar surface area (TPSA) is 74.8 Å². The molecule has 0 bridgehead atoms. The van der Waals surface area contributed by atoms with E-state index in [-0.39, 0.29) is 17.5 Å². The zero-order chi connectivity index (χ0) is 26.0. The molecule has 37 heavy (non-hydrogen) atoms. The number of hydrogen-bond donors (Lipinski definition) is 0. The van der Waals surface area contributed by atoms with Crippen LogP contribution >= 0.6 is 27.5 Å². The van der Waals surface area contributed by atoms with Crippen LogP contribution in [-0.4, -0.2) is 35.5 Å².